The van der Waals surface area contributed by atoms with Crippen molar-refractivity contribution >= 4 is 67.6 Å². The third-order valence-electron chi connectivity index (χ3n) is 2.76. The topological polar surface area (TPSA) is 74.6 Å². The molecule has 4 nitrogen and oxygen atoms in total. The lowest BCUT2D eigenvalue weighted by Crippen LogP contribution is -1.88. The molecule has 0 radical (unpaired) electrons. The number of rotatable bonds is 4. The molecule has 2 rings (SSSR count). The Bertz CT molecular complexity index is 682. The lowest BCUT2D eigenvalue weighted by molar-refractivity contribution is 0.111. The molecule has 0 amide bonds. The van der Waals surface area contributed by atoms with Gasteiger partial charge in [0, 0.05) is 20.1 Å². The first-order valence-electron chi connectivity index (χ1n) is 6.78. The predicted octanol–water partition coefficient (Wildman–Crippen LogP) is 5.57. The fourth-order valence-electron chi connectivity index (χ4n) is 1.53. The molecule has 0 aromatic heterocycles. The average Bonchev–Trinajstić information content (AvgIpc) is 2.62. The van der Waals surface area contributed by atoms with Gasteiger partial charge in [-0.3, -0.25) is 9.59 Å². The van der Waals surface area contributed by atoms with Gasteiger partial charge in [-0.1, -0.05) is 57.5 Å². The van der Waals surface area contributed by atoms with Crippen LogP contribution in [0.3, 0.4) is 0 Å². The lowest BCUT2D eigenvalue weighted by atomic mass is 10.1. The molecule has 0 saturated heterocycles. The van der Waals surface area contributed by atoms with Crippen LogP contribution in [-0.2, 0) is 13.2 Å². The highest BCUT2D eigenvalue weighted by molar-refractivity contribution is 9.10. The number of hydrogen-bond donors (Lipinski definition) is 2. The zero-order valence-electron chi connectivity index (χ0n) is 13.0. The van der Waals surface area contributed by atoms with Crippen LogP contribution in [0.15, 0.2) is 45.3 Å². The summed E-state index contributed by atoms with van der Waals surface area (Å²) in [6.45, 7) is 0.0522. The Labute approximate surface area is 180 Å². The van der Waals surface area contributed by atoms with Crippen molar-refractivity contribution < 1.29 is 19.8 Å². The van der Waals surface area contributed by atoms with Gasteiger partial charge >= 0.3 is 0 Å². The number of aliphatic hydroxyl groups is 2. The third-order valence-corrected chi connectivity index (χ3v) is 4.18. The molecule has 0 atom stereocenters. The van der Waals surface area contributed by atoms with E-state index in [2.05, 4.69) is 31.9 Å². The normalized spacial score (nSPS) is 8.85. The number of carbonyl (C=O) groups excluding carboxylic acids is 2. The second-order valence-corrected chi connectivity index (χ2v) is 6.88. The van der Waals surface area contributed by atoms with Gasteiger partial charge < -0.3 is 10.2 Å². The summed E-state index contributed by atoms with van der Waals surface area (Å²) in [6.07, 6.45) is 1.47. The number of alkyl halides is 2. The Hall–Kier alpha value is -0.760. The zero-order valence-corrected chi connectivity index (χ0v) is 17.6. The van der Waals surface area contributed by atoms with Crippen molar-refractivity contribution in [1.29, 1.82) is 0 Å². The molecule has 2 aromatic carbocycles. The van der Waals surface area contributed by atoms with Crippen LogP contribution in [0, 0.1) is 0 Å². The van der Waals surface area contributed by atoms with Crippen LogP contribution >= 0.6 is 55.1 Å². The average molecular weight is 531 g/mol. The van der Waals surface area contributed by atoms with Gasteiger partial charge in [-0.25, -0.2) is 0 Å². The van der Waals surface area contributed by atoms with Crippen molar-refractivity contribution in [2.45, 2.75) is 20.6 Å². The van der Waals surface area contributed by atoms with E-state index in [0.717, 1.165) is 28.2 Å². The second-order valence-electron chi connectivity index (χ2n) is 4.36. The van der Waals surface area contributed by atoms with Crippen molar-refractivity contribution in [2.75, 3.05) is 5.34 Å². The first-order chi connectivity index (χ1) is 12.0. The molecule has 0 fully saturated rings. The van der Waals surface area contributed by atoms with Crippen LogP contribution in [0.5, 0.6) is 0 Å². The molecule has 144 valence electrons. The number of aliphatic hydroxyl groups excluding tert-OH is 2. The van der Waals surface area contributed by atoms with Crippen LogP contribution in [0.4, 0.5) is 0 Å². The first-order valence-corrected chi connectivity index (χ1v) is 9.43. The van der Waals surface area contributed by atoms with Crippen molar-refractivity contribution in [3.05, 3.63) is 67.6 Å². The van der Waals surface area contributed by atoms with E-state index in [1.54, 1.807) is 36.4 Å². The Balaban J connectivity index is 0. The molecule has 8 heteroatoms. The lowest BCUT2D eigenvalue weighted by Gasteiger charge is -2.01. The quantitative estimate of drug-likeness (QED) is 0.400. The molecule has 0 aliphatic heterocycles. The molecule has 0 saturated carbocycles. The molecule has 0 bridgehead atoms. The summed E-state index contributed by atoms with van der Waals surface area (Å²) in [4.78, 5) is 20.6. The van der Waals surface area contributed by atoms with Crippen molar-refractivity contribution in [1.82, 2.24) is 0 Å². The van der Waals surface area contributed by atoms with Crippen LogP contribution in [-0.4, -0.2) is 28.1 Å². The molecule has 2 aromatic rings. The van der Waals surface area contributed by atoms with Crippen LogP contribution in [0.2, 0.25) is 0 Å². The van der Waals surface area contributed by atoms with Gasteiger partial charge in [-0.05, 0) is 29.3 Å². The third kappa shape index (κ3) is 10.4. The van der Waals surface area contributed by atoms with Crippen molar-refractivity contribution in [2.24, 2.45) is 0 Å². The summed E-state index contributed by atoms with van der Waals surface area (Å²) in [5, 5.41) is 17.7. The smallest absolute Gasteiger partial charge is 0.151 e. The Morgan fingerprint density at radius 1 is 0.885 bits per heavy atom. The maximum absolute atomic E-state index is 10.3. The Morgan fingerprint density at radius 2 is 1.50 bits per heavy atom. The number of aldehydes is 2. The van der Waals surface area contributed by atoms with E-state index < -0.39 is 0 Å². The number of carbonyl (C=O) groups is 2. The van der Waals surface area contributed by atoms with E-state index in [1.807, 2.05) is 0 Å². The minimum Gasteiger partial charge on any atom is -0.392 e. The van der Waals surface area contributed by atoms with Gasteiger partial charge in [-0.2, -0.15) is 0 Å². The number of hydrogen-bond acceptors (Lipinski definition) is 4. The van der Waals surface area contributed by atoms with E-state index in [9.17, 15) is 9.59 Å². The molecule has 0 heterocycles. The summed E-state index contributed by atoms with van der Waals surface area (Å²) in [7, 11) is 0. The minimum atomic E-state index is 0. The number of halogens is 4. The highest BCUT2D eigenvalue weighted by Gasteiger charge is 1.99. The Morgan fingerprint density at radius 3 is 1.88 bits per heavy atom. The molecule has 26 heavy (non-hydrogen) atoms. The highest BCUT2D eigenvalue weighted by Crippen LogP contribution is 2.18. The standard InChI is InChI=1S/C8H9BrO2.C8H5BrO2.CH2Cl2.CH4/c2*9-8-3-6(4-10)1-2-7(8)5-11;2-1-3;/h1-3,10-11H,4-5H2;1-5H;1H2;1H4. The van der Waals surface area contributed by atoms with Gasteiger partial charge in [0.15, 0.2) is 6.29 Å². The predicted molar refractivity (Wildman–Crippen MR) is 114 cm³/mol. The summed E-state index contributed by atoms with van der Waals surface area (Å²) in [5.74, 6) is 0. The summed E-state index contributed by atoms with van der Waals surface area (Å²) in [5.41, 5.74) is 2.79. The van der Waals surface area contributed by atoms with E-state index in [0.29, 0.717) is 15.6 Å². The SMILES string of the molecule is C.ClCCl.O=Cc1ccc(C=O)c(Br)c1.OCc1ccc(CO)c(Br)c1. The van der Waals surface area contributed by atoms with Crippen LogP contribution in [0.25, 0.3) is 0 Å². The van der Waals surface area contributed by atoms with Gasteiger partial charge in [0.1, 0.15) is 6.29 Å². The van der Waals surface area contributed by atoms with Gasteiger partial charge in [0.25, 0.3) is 0 Å². The summed E-state index contributed by atoms with van der Waals surface area (Å²) < 4.78 is 1.49. The van der Waals surface area contributed by atoms with E-state index in [4.69, 9.17) is 33.4 Å². The molecular weight excluding hydrogens is 511 g/mol. The maximum Gasteiger partial charge on any atom is 0.151 e. The largest absolute Gasteiger partial charge is 0.392 e. The maximum atomic E-state index is 10.3. The van der Waals surface area contributed by atoms with E-state index >= 15 is 0 Å². The van der Waals surface area contributed by atoms with Crippen LogP contribution in [0.1, 0.15) is 39.3 Å². The van der Waals surface area contributed by atoms with Crippen LogP contribution < -0.4 is 0 Å². The fraction of sp³-hybridized carbons (Fsp3) is 0.222. The number of benzene rings is 2. The van der Waals surface area contributed by atoms with Crippen molar-refractivity contribution in [3.63, 3.8) is 0 Å². The first kappa shape index (κ1) is 27.5. The van der Waals surface area contributed by atoms with Gasteiger partial charge in [-0.15, -0.1) is 23.2 Å². The molecular formula is C18H20Br2Cl2O4. The van der Waals surface area contributed by atoms with Gasteiger partial charge in [0.05, 0.1) is 18.6 Å². The molecule has 0 aliphatic carbocycles. The Kier molecular flexibility index (Phi) is 17.3. The minimum absolute atomic E-state index is 0. The summed E-state index contributed by atoms with van der Waals surface area (Å²) >= 11 is 16.0. The molecule has 0 unspecified atom stereocenters. The monoisotopic (exact) mass is 528 g/mol. The highest BCUT2D eigenvalue weighted by atomic mass is 79.9. The van der Waals surface area contributed by atoms with E-state index in [-0.39, 0.29) is 26.0 Å². The van der Waals surface area contributed by atoms with Crippen molar-refractivity contribution in [3.8, 4) is 0 Å². The second kappa shape index (κ2) is 16.4. The molecule has 0 spiro atoms. The molecule has 2 N–H and O–H groups in total. The van der Waals surface area contributed by atoms with E-state index in [1.165, 1.54) is 0 Å². The van der Waals surface area contributed by atoms with Gasteiger partial charge in [0.2, 0.25) is 0 Å². The molecule has 0 aliphatic rings. The fourth-order valence-corrected chi connectivity index (χ4v) is 2.57. The zero-order chi connectivity index (χ0) is 19.2. The summed E-state index contributed by atoms with van der Waals surface area (Å²) in [6, 6.07) is 10.2.